The summed E-state index contributed by atoms with van der Waals surface area (Å²) in [5.74, 6) is -0.158. The second kappa shape index (κ2) is 4.01. The van der Waals surface area contributed by atoms with Crippen LogP contribution in [0.2, 0.25) is 0 Å². The van der Waals surface area contributed by atoms with Gasteiger partial charge in [0.05, 0.1) is 0 Å². The molecule has 0 aliphatic rings. The van der Waals surface area contributed by atoms with Crippen LogP contribution in [0.1, 0.15) is 11.1 Å². The molecular formula is C9H11BrFN. The molecular weight excluding hydrogens is 221 g/mol. The first-order chi connectivity index (χ1) is 5.65. The molecule has 1 aromatic carbocycles. The zero-order valence-electron chi connectivity index (χ0n) is 7.12. The fourth-order valence-electron chi connectivity index (χ4n) is 1.00. The third-order valence-electron chi connectivity index (χ3n) is 1.72. The molecule has 66 valence electrons. The van der Waals surface area contributed by atoms with Crippen molar-refractivity contribution >= 4 is 15.9 Å². The Kier molecular flexibility index (Phi) is 3.23. The first kappa shape index (κ1) is 9.68. The lowest BCUT2D eigenvalue weighted by molar-refractivity contribution is 0.613. The van der Waals surface area contributed by atoms with Crippen LogP contribution in [0.4, 0.5) is 4.39 Å². The summed E-state index contributed by atoms with van der Waals surface area (Å²) in [6.45, 7) is 2.44. The van der Waals surface area contributed by atoms with E-state index >= 15 is 0 Å². The van der Waals surface area contributed by atoms with Gasteiger partial charge in [0, 0.05) is 11.0 Å². The van der Waals surface area contributed by atoms with E-state index in [0.717, 1.165) is 10.0 Å². The van der Waals surface area contributed by atoms with Gasteiger partial charge in [0.2, 0.25) is 0 Å². The average molecular weight is 232 g/mol. The van der Waals surface area contributed by atoms with Crippen LogP contribution in [0.5, 0.6) is 0 Å². The van der Waals surface area contributed by atoms with Crippen molar-refractivity contribution in [3.8, 4) is 0 Å². The minimum atomic E-state index is -0.158. The Morgan fingerprint density at radius 3 is 2.67 bits per heavy atom. The highest BCUT2D eigenvalue weighted by Gasteiger charge is 2.03. The molecule has 0 saturated carbocycles. The molecule has 0 aliphatic heterocycles. The van der Waals surface area contributed by atoms with Gasteiger partial charge in [0.1, 0.15) is 5.82 Å². The minimum Gasteiger partial charge on any atom is -0.316 e. The van der Waals surface area contributed by atoms with Gasteiger partial charge in [-0.05, 0) is 37.2 Å². The molecule has 0 radical (unpaired) electrons. The fraction of sp³-hybridized carbons (Fsp3) is 0.333. The zero-order valence-corrected chi connectivity index (χ0v) is 8.70. The van der Waals surface area contributed by atoms with Gasteiger partial charge in [-0.25, -0.2) is 4.39 Å². The molecule has 0 saturated heterocycles. The van der Waals surface area contributed by atoms with Crippen molar-refractivity contribution in [2.24, 2.45) is 0 Å². The third kappa shape index (κ3) is 2.05. The van der Waals surface area contributed by atoms with Crippen LogP contribution in [0.15, 0.2) is 16.6 Å². The van der Waals surface area contributed by atoms with Crippen molar-refractivity contribution in [1.82, 2.24) is 5.32 Å². The molecule has 0 aromatic heterocycles. The highest BCUT2D eigenvalue weighted by atomic mass is 79.9. The van der Waals surface area contributed by atoms with Gasteiger partial charge in [-0.1, -0.05) is 15.9 Å². The first-order valence-corrected chi connectivity index (χ1v) is 4.53. The molecule has 0 spiro atoms. The predicted molar refractivity (Wildman–Crippen MR) is 51.6 cm³/mol. The standard InChI is InChI=1S/C9H11BrFN/c1-6-8(10)3-7(5-12-2)4-9(6)11/h3-4,12H,5H2,1-2H3. The Balaban J connectivity index is 3.04. The van der Waals surface area contributed by atoms with Gasteiger partial charge >= 0.3 is 0 Å². The monoisotopic (exact) mass is 231 g/mol. The molecule has 1 nitrogen and oxygen atoms in total. The Hall–Kier alpha value is -0.410. The lowest BCUT2D eigenvalue weighted by Crippen LogP contribution is -2.05. The summed E-state index contributed by atoms with van der Waals surface area (Å²) >= 11 is 3.30. The van der Waals surface area contributed by atoms with Gasteiger partial charge in [-0.3, -0.25) is 0 Å². The molecule has 0 amide bonds. The van der Waals surface area contributed by atoms with E-state index in [1.807, 2.05) is 13.1 Å². The van der Waals surface area contributed by atoms with E-state index in [9.17, 15) is 4.39 Å². The number of benzene rings is 1. The second-order valence-electron chi connectivity index (χ2n) is 2.71. The Labute approximate surface area is 80.1 Å². The molecule has 0 unspecified atom stereocenters. The molecule has 1 N–H and O–H groups in total. The highest BCUT2D eigenvalue weighted by molar-refractivity contribution is 9.10. The Morgan fingerprint density at radius 1 is 1.50 bits per heavy atom. The van der Waals surface area contributed by atoms with Gasteiger partial charge in [0.15, 0.2) is 0 Å². The van der Waals surface area contributed by atoms with Crippen molar-refractivity contribution < 1.29 is 4.39 Å². The van der Waals surface area contributed by atoms with Crippen molar-refractivity contribution in [2.45, 2.75) is 13.5 Å². The normalized spacial score (nSPS) is 10.3. The molecule has 1 rings (SSSR count). The van der Waals surface area contributed by atoms with E-state index in [2.05, 4.69) is 21.2 Å². The van der Waals surface area contributed by atoms with Crippen molar-refractivity contribution in [3.05, 3.63) is 33.5 Å². The Morgan fingerprint density at radius 2 is 2.17 bits per heavy atom. The molecule has 0 bridgehead atoms. The highest BCUT2D eigenvalue weighted by Crippen LogP contribution is 2.20. The molecule has 12 heavy (non-hydrogen) atoms. The molecule has 1 aromatic rings. The van der Waals surface area contributed by atoms with Crippen LogP contribution < -0.4 is 5.32 Å². The van der Waals surface area contributed by atoms with Crippen LogP contribution >= 0.6 is 15.9 Å². The van der Waals surface area contributed by atoms with Gasteiger partial charge in [-0.15, -0.1) is 0 Å². The van der Waals surface area contributed by atoms with Gasteiger partial charge < -0.3 is 5.32 Å². The number of hydrogen-bond donors (Lipinski definition) is 1. The molecule has 0 atom stereocenters. The predicted octanol–water partition coefficient (Wildman–Crippen LogP) is 2.62. The van der Waals surface area contributed by atoms with E-state index in [1.54, 1.807) is 13.0 Å². The third-order valence-corrected chi connectivity index (χ3v) is 2.55. The summed E-state index contributed by atoms with van der Waals surface area (Å²) in [6, 6.07) is 3.48. The maximum Gasteiger partial charge on any atom is 0.127 e. The lowest BCUT2D eigenvalue weighted by atomic mass is 10.1. The Bertz CT molecular complexity index is 263. The fourth-order valence-corrected chi connectivity index (χ4v) is 1.49. The van der Waals surface area contributed by atoms with Crippen LogP contribution in [0.3, 0.4) is 0 Å². The van der Waals surface area contributed by atoms with E-state index in [4.69, 9.17) is 0 Å². The molecule has 0 fully saturated rings. The molecule has 0 heterocycles. The van der Waals surface area contributed by atoms with Gasteiger partial charge in [-0.2, -0.15) is 0 Å². The van der Waals surface area contributed by atoms with Crippen molar-refractivity contribution in [3.63, 3.8) is 0 Å². The second-order valence-corrected chi connectivity index (χ2v) is 3.57. The summed E-state index contributed by atoms with van der Waals surface area (Å²) in [5.41, 5.74) is 1.61. The topological polar surface area (TPSA) is 12.0 Å². The van der Waals surface area contributed by atoms with Crippen LogP contribution in [-0.4, -0.2) is 7.05 Å². The quantitative estimate of drug-likeness (QED) is 0.826. The largest absolute Gasteiger partial charge is 0.316 e. The van der Waals surface area contributed by atoms with E-state index < -0.39 is 0 Å². The minimum absolute atomic E-state index is 0.158. The summed E-state index contributed by atoms with van der Waals surface area (Å²) < 4.78 is 13.9. The van der Waals surface area contributed by atoms with E-state index in [0.29, 0.717) is 12.1 Å². The number of rotatable bonds is 2. The smallest absolute Gasteiger partial charge is 0.127 e. The SMILES string of the molecule is CNCc1cc(F)c(C)c(Br)c1. The van der Waals surface area contributed by atoms with E-state index in [-0.39, 0.29) is 5.82 Å². The summed E-state index contributed by atoms with van der Waals surface area (Å²) in [7, 11) is 1.84. The van der Waals surface area contributed by atoms with Gasteiger partial charge in [0.25, 0.3) is 0 Å². The summed E-state index contributed by atoms with van der Waals surface area (Å²) in [4.78, 5) is 0. The molecule has 3 heteroatoms. The number of hydrogen-bond acceptors (Lipinski definition) is 1. The number of nitrogens with one attached hydrogen (secondary N) is 1. The molecule has 0 aliphatic carbocycles. The van der Waals surface area contributed by atoms with Crippen molar-refractivity contribution in [2.75, 3.05) is 7.05 Å². The lowest BCUT2D eigenvalue weighted by Gasteiger charge is -2.04. The van der Waals surface area contributed by atoms with Crippen LogP contribution in [0.25, 0.3) is 0 Å². The number of halogens is 2. The summed E-state index contributed by atoms with van der Waals surface area (Å²) in [5, 5.41) is 2.97. The van der Waals surface area contributed by atoms with Crippen LogP contribution in [0, 0.1) is 12.7 Å². The van der Waals surface area contributed by atoms with Crippen molar-refractivity contribution in [1.29, 1.82) is 0 Å². The maximum atomic E-state index is 13.1. The zero-order chi connectivity index (χ0) is 9.14. The van der Waals surface area contributed by atoms with Crippen LogP contribution in [-0.2, 0) is 6.54 Å². The van der Waals surface area contributed by atoms with E-state index in [1.165, 1.54) is 0 Å². The maximum absolute atomic E-state index is 13.1. The average Bonchev–Trinajstić information content (AvgIpc) is 2.01. The first-order valence-electron chi connectivity index (χ1n) is 3.74. The summed E-state index contributed by atoms with van der Waals surface area (Å²) in [6.07, 6.45) is 0.